The van der Waals surface area contributed by atoms with Gasteiger partial charge in [0.25, 0.3) is 5.69 Å². The maximum atomic E-state index is 12.8. The van der Waals surface area contributed by atoms with Gasteiger partial charge >= 0.3 is 0 Å². The van der Waals surface area contributed by atoms with E-state index in [0.29, 0.717) is 12.3 Å². The van der Waals surface area contributed by atoms with E-state index < -0.39 is 14.9 Å². The molecule has 1 atom stereocenters. The molecule has 0 saturated carbocycles. The number of benzene rings is 3. The van der Waals surface area contributed by atoms with Crippen molar-refractivity contribution in [2.24, 2.45) is 5.92 Å². The SMILES string of the molecule is O=[N+]([O-])c1cccc(S(=O)(=O)NCCC(c2ccccc2)N2CCC(Cc3ccccc3)CC2)c1. The van der Waals surface area contributed by atoms with Crippen molar-refractivity contribution in [2.75, 3.05) is 19.6 Å². The molecule has 1 unspecified atom stereocenters. The normalized spacial score (nSPS) is 16.1. The average Bonchev–Trinajstić information content (AvgIpc) is 2.88. The summed E-state index contributed by atoms with van der Waals surface area (Å²) in [5.74, 6) is 0.650. The Hall–Kier alpha value is -3.07. The van der Waals surface area contributed by atoms with Crippen molar-refractivity contribution in [3.8, 4) is 0 Å². The maximum absolute atomic E-state index is 12.8. The van der Waals surface area contributed by atoms with Crippen LogP contribution in [0.5, 0.6) is 0 Å². The summed E-state index contributed by atoms with van der Waals surface area (Å²) in [6.45, 7) is 2.18. The number of piperidine rings is 1. The predicted molar refractivity (Wildman–Crippen MR) is 137 cm³/mol. The molecule has 1 aliphatic rings. The quantitative estimate of drug-likeness (QED) is 0.318. The van der Waals surface area contributed by atoms with Gasteiger partial charge in [-0.1, -0.05) is 66.7 Å². The maximum Gasteiger partial charge on any atom is 0.270 e. The lowest BCUT2D eigenvalue weighted by atomic mass is 9.88. The number of hydrogen-bond acceptors (Lipinski definition) is 5. The van der Waals surface area contributed by atoms with Crippen LogP contribution in [0.15, 0.2) is 89.8 Å². The van der Waals surface area contributed by atoms with E-state index in [0.717, 1.165) is 38.4 Å². The fourth-order valence-corrected chi connectivity index (χ4v) is 5.92. The largest absolute Gasteiger partial charge is 0.296 e. The smallest absolute Gasteiger partial charge is 0.270 e. The summed E-state index contributed by atoms with van der Waals surface area (Å²) in [7, 11) is -3.84. The number of likely N-dealkylation sites (tertiary alicyclic amines) is 1. The third-order valence-corrected chi connectivity index (χ3v) is 8.15. The second-order valence-electron chi connectivity index (χ2n) is 9.04. The van der Waals surface area contributed by atoms with Crippen molar-refractivity contribution >= 4 is 15.7 Å². The van der Waals surface area contributed by atoms with E-state index >= 15 is 0 Å². The number of nitro groups is 1. The zero-order chi connectivity index (χ0) is 24.7. The molecule has 1 heterocycles. The Morgan fingerprint density at radius 3 is 2.26 bits per heavy atom. The highest BCUT2D eigenvalue weighted by Crippen LogP contribution is 2.30. The average molecular weight is 494 g/mol. The van der Waals surface area contributed by atoms with Crippen LogP contribution in [-0.4, -0.2) is 37.9 Å². The highest BCUT2D eigenvalue weighted by molar-refractivity contribution is 7.89. The lowest BCUT2D eigenvalue weighted by molar-refractivity contribution is -0.385. The molecule has 0 aliphatic carbocycles. The van der Waals surface area contributed by atoms with Crippen LogP contribution in [0.1, 0.15) is 36.4 Å². The van der Waals surface area contributed by atoms with Gasteiger partial charge in [0.15, 0.2) is 0 Å². The Labute approximate surface area is 207 Å². The van der Waals surface area contributed by atoms with E-state index in [-0.39, 0.29) is 23.2 Å². The number of non-ortho nitro benzene ring substituents is 1. The van der Waals surface area contributed by atoms with Gasteiger partial charge in [0.05, 0.1) is 9.82 Å². The van der Waals surface area contributed by atoms with Crippen LogP contribution < -0.4 is 4.72 Å². The molecule has 1 fully saturated rings. The molecule has 0 spiro atoms. The summed E-state index contributed by atoms with van der Waals surface area (Å²) in [6, 6.07) is 26.0. The van der Waals surface area contributed by atoms with Crippen LogP contribution in [-0.2, 0) is 16.4 Å². The van der Waals surface area contributed by atoms with E-state index in [9.17, 15) is 18.5 Å². The molecule has 0 bridgehead atoms. The second-order valence-corrected chi connectivity index (χ2v) is 10.8. The molecule has 0 amide bonds. The highest BCUT2D eigenvalue weighted by atomic mass is 32.2. The molecule has 1 N–H and O–H groups in total. The summed E-state index contributed by atoms with van der Waals surface area (Å²) in [5, 5.41) is 11.0. The third-order valence-electron chi connectivity index (χ3n) is 6.69. The van der Waals surface area contributed by atoms with E-state index in [1.54, 1.807) is 0 Å². The van der Waals surface area contributed by atoms with Crippen molar-refractivity contribution in [2.45, 2.75) is 36.6 Å². The lowest BCUT2D eigenvalue weighted by Gasteiger charge is -2.38. The predicted octanol–water partition coefficient (Wildman–Crippen LogP) is 4.96. The molecule has 0 radical (unpaired) electrons. The third kappa shape index (κ3) is 6.75. The number of rotatable bonds is 10. The summed E-state index contributed by atoms with van der Waals surface area (Å²) in [4.78, 5) is 12.8. The molecule has 35 heavy (non-hydrogen) atoms. The Bertz CT molecular complexity index is 1210. The number of nitrogens with one attached hydrogen (secondary N) is 1. The van der Waals surface area contributed by atoms with E-state index in [1.807, 2.05) is 24.3 Å². The molecule has 0 aromatic heterocycles. The fraction of sp³-hybridized carbons (Fsp3) is 0.333. The minimum Gasteiger partial charge on any atom is -0.296 e. The Morgan fingerprint density at radius 1 is 0.943 bits per heavy atom. The van der Waals surface area contributed by atoms with Crippen molar-refractivity contribution < 1.29 is 13.3 Å². The highest BCUT2D eigenvalue weighted by Gasteiger charge is 2.27. The molecule has 7 nitrogen and oxygen atoms in total. The molecule has 3 aromatic carbocycles. The second kappa shape index (κ2) is 11.6. The Morgan fingerprint density at radius 2 is 1.60 bits per heavy atom. The molecule has 1 saturated heterocycles. The van der Waals surface area contributed by atoms with Gasteiger partial charge in [-0.3, -0.25) is 15.0 Å². The molecule has 3 aromatic rings. The number of nitrogens with zero attached hydrogens (tertiary/aromatic N) is 2. The molecular formula is C27H31N3O4S. The summed E-state index contributed by atoms with van der Waals surface area (Å²) >= 11 is 0. The standard InChI is InChI=1S/C27H31N3O4S/c31-30(32)25-12-7-13-26(21-25)35(33,34)28-17-14-27(24-10-5-2-6-11-24)29-18-15-23(16-19-29)20-22-8-3-1-4-9-22/h1-13,21,23,27-28H,14-20H2. The molecule has 1 aliphatic heterocycles. The molecule has 8 heteroatoms. The first-order chi connectivity index (χ1) is 16.9. The number of nitro benzene ring substituents is 1. The summed E-state index contributed by atoms with van der Waals surface area (Å²) in [6.07, 6.45) is 3.92. The summed E-state index contributed by atoms with van der Waals surface area (Å²) < 4.78 is 28.2. The zero-order valence-corrected chi connectivity index (χ0v) is 20.4. The van der Waals surface area contributed by atoms with Crippen molar-refractivity contribution in [1.29, 1.82) is 0 Å². The first-order valence-corrected chi connectivity index (χ1v) is 13.5. The van der Waals surface area contributed by atoms with Crippen LogP contribution in [0, 0.1) is 16.0 Å². The van der Waals surface area contributed by atoms with Gasteiger partial charge in [0.1, 0.15) is 0 Å². The van der Waals surface area contributed by atoms with Crippen LogP contribution in [0.2, 0.25) is 0 Å². The van der Waals surface area contributed by atoms with Crippen LogP contribution in [0.4, 0.5) is 5.69 Å². The van der Waals surface area contributed by atoms with Crippen LogP contribution >= 0.6 is 0 Å². The Kier molecular flexibility index (Phi) is 8.28. The molecule has 184 valence electrons. The first-order valence-electron chi connectivity index (χ1n) is 12.0. The van der Waals surface area contributed by atoms with Gasteiger partial charge in [-0.15, -0.1) is 0 Å². The lowest BCUT2D eigenvalue weighted by Crippen LogP contribution is -2.39. The minimum atomic E-state index is -3.84. The van der Waals surface area contributed by atoms with Gasteiger partial charge in [0.2, 0.25) is 10.0 Å². The van der Waals surface area contributed by atoms with Crippen molar-refractivity contribution in [3.63, 3.8) is 0 Å². The van der Waals surface area contributed by atoms with Crippen LogP contribution in [0.25, 0.3) is 0 Å². The fourth-order valence-electron chi connectivity index (χ4n) is 4.83. The summed E-state index contributed by atoms with van der Waals surface area (Å²) in [5.41, 5.74) is 2.30. The van der Waals surface area contributed by atoms with E-state index in [4.69, 9.17) is 0 Å². The van der Waals surface area contributed by atoms with Gasteiger partial charge in [-0.2, -0.15) is 0 Å². The Balaban J connectivity index is 1.39. The number of hydrogen-bond donors (Lipinski definition) is 1. The number of sulfonamides is 1. The monoisotopic (exact) mass is 493 g/mol. The minimum absolute atomic E-state index is 0.0929. The van der Waals surface area contributed by atoms with Gasteiger partial charge in [-0.25, -0.2) is 13.1 Å². The van der Waals surface area contributed by atoms with Gasteiger partial charge in [0, 0.05) is 24.7 Å². The van der Waals surface area contributed by atoms with Crippen LogP contribution in [0.3, 0.4) is 0 Å². The van der Waals surface area contributed by atoms with Crippen molar-refractivity contribution in [1.82, 2.24) is 9.62 Å². The van der Waals surface area contributed by atoms with Crippen molar-refractivity contribution in [3.05, 3.63) is 106 Å². The zero-order valence-electron chi connectivity index (χ0n) is 19.6. The molecule has 4 rings (SSSR count). The first kappa shape index (κ1) is 25.0. The van der Waals surface area contributed by atoms with Gasteiger partial charge in [-0.05, 0) is 61.9 Å². The topological polar surface area (TPSA) is 92.5 Å². The van der Waals surface area contributed by atoms with E-state index in [2.05, 4.69) is 46.0 Å². The van der Waals surface area contributed by atoms with Gasteiger partial charge < -0.3 is 0 Å². The molecular weight excluding hydrogens is 462 g/mol. The van der Waals surface area contributed by atoms with E-state index in [1.165, 1.54) is 29.3 Å².